The van der Waals surface area contributed by atoms with Gasteiger partial charge in [-0.05, 0) is 6.07 Å². The second kappa shape index (κ2) is 7.06. The molecule has 2 aromatic rings. The van der Waals surface area contributed by atoms with E-state index in [1.165, 1.54) is 6.33 Å². The summed E-state index contributed by atoms with van der Waals surface area (Å²) in [4.78, 5) is 21.9. The Bertz CT molecular complexity index is 659. The van der Waals surface area contributed by atoms with Gasteiger partial charge in [0.05, 0.1) is 13.2 Å². The van der Waals surface area contributed by atoms with E-state index in [4.69, 9.17) is 15.2 Å². The third-order valence-corrected chi connectivity index (χ3v) is 3.62. The van der Waals surface area contributed by atoms with E-state index in [1.807, 2.05) is 24.3 Å². The Morgan fingerprint density at radius 3 is 2.74 bits per heavy atom. The van der Waals surface area contributed by atoms with E-state index in [-0.39, 0.29) is 0 Å². The van der Waals surface area contributed by atoms with Crippen LogP contribution in [0.1, 0.15) is 11.7 Å². The van der Waals surface area contributed by atoms with Crippen molar-refractivity contribution in [1.82, 2.24) is 9.97 Å². The highest BCUT2D eigenvalue weighted by Crippen LogP contribution is 2.29. The van der Waals surface area contributed by atoms with Gasteiger partial charge in [-0.25, -0.2) is 9.97 Å². The van der Waals surface area contributed by atoms with Crippen LogP contribution in [-0.2, 0) is 9.53 Å². The Kier molecular flexibility index (Phi) is 4.68. The maximum Gasteiger partial charge on any atom is 0.263 e. The first-order chi connectivity index (χ1) is 11.3. The van der Waals surface area contributed by atoms with Crippen LogP contribution in [-0.4, -0.2) is 42.2 Å². The van der Waals surface area contributed by atoms with E-state index in [2.05, 4.69) is 14.9 Å². The molecule has 1 fully saturated rings. The first-order valence-electron chi connectivity index (χ1n) is 7.39. The summed E-state index contributed by atoms with van der Waals surface area (Å²) in [7, 11) is 0. The molecule has 3 rings (SSSR count). The third kappa shape index (κ3) is 3.57. The molecule has 120 valence electrons. The summed E-state index contributed by atoms with van der Waals surface area (Å²) in [5, 5.41) is 0. The van der Waals surface area contributed by atoms with Crippen molar-refractivity contribution in [2.45, 2.75) is 6.10 Å². The number of para-hydroxylation sites is 1. The van der Waals surface area contributed by atoms with Crippen LogP contribution in [0.4, 0.5) is 5.69 Å². The number of hydrogen-bond donors (Lipinski definition) is 1. The quantitative estimate of drug-likeness (QED) is 0.882. The maximum absolute atomic E-state index is 11.9. The van der Waals surface area contributed by atoms with E-state index in [0.29, 0.717) is 19.1 Å². The number of nitrogens with two attached hydrogens (primary N) is 1. The lowest BCUT2D eigenvalue weighted by Gasteiger charge is -2.31. The van der Waals surface area contributed by atoms with Crippen LogP contribution in [0.5, 0.6) is 5.88 Å². The molecule has 1 saturated heterocycles. The van der Waals surface area contributed by atoms with Gasteiger partial charge in [0.15, 0.2) is 0 Å². The first kappa shape index (κ1) is 15.2. The molecule has 0 spiro atoms. The van der Waals surface area contributed by atoms with Gasteiger partial charge in [-0.1, -0.05) is 18.2 Å². The first-order valence-corrected chi connectivity index (χ1v) is 7.39. The van der Waals surface area contributed by atoms with Gasteiger partial charge in [-0.2, -0.15) is 0 Å². The van der Waals surface area contributed by atoms with Crippen LogP contribution in [0, 0.1) is 0 Å². The highest BCUT2D eigenvalue weighted by atomic mass is 16.5. The van der Waals surface area contributed by atoms with Crippen LogP contribution in [0.15, 0.2) is 42.9 Å². The Morgan fingerprint density at radius 1 is 1.26 bits per heavy atom. The summed E-state index contributed by atoms with van der Waals surface area (Å²) in [5.74, 6) is -0.259. The molecule has 7 nitrogen and oxygen atoms in total. The molecule has 1 aromatic heterocycles. The highest BCUT2D eigenvalue weighted by molar-refractivity contribution is 5.83. The molecule has 1 aliphatic heterocycles. The number of rotatable bonds is 5. The monoisotopic (exact) mass is 314 g/mol. The Labute approximate surface area is 134 Å². The van der Waals surface area contributed by atoms with E-state index < -0.39 is 12.0 Å². The number of benzene rings is 1. The van der Waals surface area contributed by atoms with E-state index in [1.54, 1.807) is 12.3 Å². The number of amides is 1. The van der Waals surface area contributed by atoms with Gasteiger partial charge in [-0.3, -0.25) is 4.79 Å². The number of aromatic nitrogens is 2. The van der Waals surface area contributed by atoms with Crippen LogP contribution >= 0.6 is 0 Å². The summed E-state index contributed by atoms with van der Waals surface area (Å²) in [6, 6.07) is 9.18. The van der Waals surface area contributed by atoms with Gasteiger partial charge in [0.2, 0.25) is 12.0 Å². The van der Waals surface area contributed by atoms with Crippen molar-refractivity contribution < 1.29 is 14.3 Å². The van der Waals surface area contributed by atoms with Gasteiger partial charge >= 0.3 is 0 Å². The van der Waals surface area contributed by atoms with Gasteiger partial charge < -0.3 is 20.1 Å². The van der Waals surface area contributed by atoms with Crippen molar-refractivity contribution in [2.24, 2.45) is 5.73 Å². The van der Waals surface area contributed by atoms with Crippen molar-refractivity contribution in [3.05, 3.63) is 48.4 Å². The molecule has 1 amide bonds. The molecule has 2 N–H and O–H groups in total. The number of anilines is 1. The van der Waals surface area contributed by atoms with Crippen molar-refractivity contribution in [2.75, 3.05) is 31.2 Å². The number of ether oxygens (including phenoxy) is 2. The average Bonchev–Trinajstić information content (AvgIpc) is 2.61. The van der Waals surface area contributed by atoms with Gasteiger partial charge in [0.1, 0.15) is 6.33 Å². The fraction of sp³-hybridized carbons (Fsp3) is 0.312. The molecule has 1 aliphatic rings. The molecule has 1 atom stereocenters. The smallest absolute Gasteiger partial charge is 0.263 e. The second-order valence-corrected chi connectivity index (χ2v) is 5.11. The summed E-state index contributed by atoms with van der Waals surface area (Å²) in [6.45, 7) is 2.83. The SMILES string of the molecule is NC(=O)C(Oc1ccncn1)c1ccccc1N1CCOCC1. The zero-order valence-electron chi connectivity index (χ0n) is 12.6. The minimum atomic E-state index is -0.913. The molecule has 1 unspecified atom stereocenters. The third-order valence-electron chi connectivity index (χ3n) is 3.62. The minimum absolute atomic E-state index is 0.306. The normalized spacial score (nSPS) is 15.9. The van der Waals surface area contributed by atoms with E-state index >= 15 is 0 Å². The number of primary amides is 1. The lowest BCUT2D eigenvalue weighted by atomic mass is 10.0. The average molecular weight is 314 g/mol. The molecule has 0 radical (unpaired) electrons. The number of carbonyl (C=O) groups excluding carboxylic acids is 1. The van der Waals surface area contributed by atoms with Crippen LogP contribution < -0.4 is 15.4 Å². The van der Waals surface area contributed by atoms with Gasteiger partial charge in [0, 0.05) is 36.6 Å². The number of carbonyl (C=O) groups is 1. The Hall–Kier alpha value is -2.67. The standard InChI is InChI=1S/C16H18N4O3/c17-16(21)15(23-14-5-6-18-11-19-14)12-3-1-2-4-13(12)20-7-9-22-10-8-20/h1-6,11,15H,7-10H2,(H2,17,21). The molecule has 0 bridgehead atoms. The van der Waals surface area contributed by atoms with E-state index in [0.717, 1.165) is 24.3 Å². The largest absolute Gasteiger partial charge is 0.459 e. The Balaban J connectivity index is 1.91. The van der Waals surface area contributed by atoms with Crippen molar-refractivity contribution >= 4 is 11.6 Å². The summed E-state index contributed by atoms with van der Waals surface area (Å²) in [6.07, 6.45) is 2.00. The van der Waals surface area contributed by atoms with Crippen molar-refractivity contribution in [3.8, 4) is 5.88 Å². The molecule has 1 aromatic carbocycles. The highest BCUT2D eigenvalue weighted by Gasteiger charge is 2.26. The lowest BCUT2D eigenvalue weighted by Crippen LogP contribution is -2.38. The van der Waals surface area contributed by atoms with E-state index in [9.17, 15) is 4.79 Å². The van der Waals surface area contributed by atoms with Crippen molar-refractivity contribution in [3.63, 3.8) is 0 Å². The van der Waals surface area contributed by atoms with Crippen LogP contribution in [0.2, 0.25) is 0 Å². The second-order valence-electron chi connectivity index (χ2n) is 5.11. The zero-order chi connectivity index (χ0) is 16.1. The van der Waals surface area contributed by atoms with Gasteiger partial charge in [-0.15, -0.1) is 0 Å². The molecule has 7 heteroatoms. The number of morpholine rings is 1. The predicted molar refractivity (Wildman–Crippen MR) is 84.1 cm³/mol. The number of hydrogen-bond acceptors (Lipinski definition) is 6. The fourth-order valence-electron chi connectivity index (χ4n) is 2.55. The summed E-state index contributed by atoms with van der Waals surface area (Å²) in [5.41, 5.74) is 7.21. The minimum Gasteiger partial charge on any atom is -0.459 e. The zero-order valence-corrected chi connectivity index (χ0v) is 12.6. The molecule has 0 aliphatic carbocycles. The van der Waals surface area contributed by atoms with Crippen LogP contribution in [0.25, 0.3) is 0 Å². The maximum atomic E-state index is 11.9. The topological polar surface area (TPSA) is 90.6 Å². The van der Waals surface area contributed by atoms with Crippen molar-refractivity contribution in [1.29, 1.82) is 0 Å². The summed E-state index contributed by atoms with van der Waals surface area (Å²) < 4.78 is 11.1. The van der Waals surface area contributed by atoms with Gasteiger partial charge in [0.25, 0.3) is 5.91 Å². The molecular weight excluding hydrogens is 296 g/mol. The summed E-state index contributed by atoms with van der Waals surface area (Å²) >= 11 is 0. The molecule has 2 heterocycles. The molecule has 0 saturated carbocycles. The Morgan fingerprint density at radius 2 is 2.04 bits per heavy atom. The predicted octanol–water partition coefficient (Wildman–Crippen LogP) is 0.919. The lowest BCUT2D eigenvalue weighted by molar-refractivity contribution is -0.125. The number of nitrogens with zero attached hydrogens (tertiary/aromatic N) is 3. The van der Waals surface area contributed by atoms with Crippen LogP contribution in [0.3, 0.4) is 0 Å². The molecular formula is C16H18N4O3. The fourth-order valence-corrected chi connectivity index (χ4v) is 2.55. The molecule has 23 heavy (non-hydrogen) atoms.